The summed E-state index contributed by atoms with van der Waals surface area (Å²) < 4.78 is 65.8. The summed E-state index contributed by atoms with van der Waals surface area (Å²) in [7, 11) is -9.36. The predicted molar refractivity (Wildman–Crippen MR) is 103 cm³/mol. The van der Waals surface area contributed by atoms with Gasteiger partial charge < -0.3 is 5.73 Å². The van der Waals surface area contributed by atoms with Crippen molar-refractivity contribution in [2.45, 2.75) is 16.7 Å². The van der Waals surface area contributed by atoms with Crippen molar-refractivity contribution in [2.75, 3.05) is 5.73 Å². The molecule has 146 valence electrons. The van der Waals surface area contributed by atoms with Gasteiger partial charge in [-0.25, -0.2) is 0 Å². The number of fused-ring (bicyclic) bond motifs is 1. The first-order valence-corrected chi connectivity index (χ1v) is 10.6. The number of benzene rings is 3. The lowest BCUT2D eigenvalue weighted by Crippen LogP contribution is -2.03. The zero-order valence-corrected chi connectivity index (χ0v) is 16.1. The Labute approximate surface area is 161 Å². The van der Waals surface area contributed by atoms with E-state index >= 15 is 0 Å². The van der Waals surface area contributed by atoms with Gasteiger partial charge in [-0.05, 0) is 48.9 Å². The first-order chi connectivity index (χ1) is 13.0. The van der Waals surface area contributed by atoms with Gasteiger partial charge in [-0.15, -0.1) is 5.11 Å². The van der Waals surface area contributed by atoms with E-state index in [1.54, 1.807) is 25.1 Å². The zero-order valence-electron chi connectivity index (χ0n) is 14.4. The molecule has 0 saturated heterocycles. The second-order valence-corrected chi connectivity index (χ2v) is 8.74. The van der Waals surface area contributed by atoms with Crippen molar-refractivity contribution < 1.29 is 25.9 Å². The first kappa shape index (κ1) is 19.9. The largest absolute Gasteiger partial charge is 0.399 e. The maximum atomic E-state index is 11.8. The van der Waals surface area contributed by atoms with E-state index in [4.69, 9.17) is 5.73 Å². The Morgan fingerprint density at radius 2 is 1.43 bits per heavy atom. The number of nitrogens with two attached hydrogens (primary N) is 1. The minimum absolute atomic E-state index is 0.00755. The number of anilines is 1. The van der Waals surface area contributed by atoms with E-state index in [9.17, 15) is 25.9 Å². The summed E-state index contributed by atoms with van der Waals surface area (Å²) >= 11 is 0. The fourth-order valence-corrected chi connectivity index (χ4v) is 4.16. The van der Waals surface area contributed by atoms with Crippen LogP contribution in [0.5, 0.6) is 0 Å². The summed E-state index contributed by atoms with van der Waals surface area (Å²) in [4.78, 5) is -1.07. The lowest BCUT2D eigenvalue weighted by molar-refractivity contribution is 0.481. The molecule has 9 nitrogen and oxygen atoms in total. The van der Waals surface area contributed by atoms with Crippen molar-refractivity contribution in [1.29, 1.82) is 0 Å². The minimum Gasteiger partial charge on any atom is -0.399 e. The van der Waals surface area contributed by atoms with E-state index in [0.717, 1.165) is 17.7 Å². The van der Waals surface area contributed by atoms with Gasteiger partial charge in [0.1, 0.15) is 9.79 Å². The van der Waals surface area contributed by atoms with E-state index in [1.165, 1.54) is 18.2 Å². The molecule has 0 aliphatic heterocycles. The molecule has 4 N–H and O–H groups in total. The molecular formula is C17H15N3O6S2. The molecule has 0 unspecified atom stereocenters. The van der Waals surface area contributed by atoms with Crippen molar-refractivity contribution in [3.8, 4) is 0 Å². The molecule has 3 rings (SSSR count). The number of hydrogen-bond acceptors (Lipinski definition) is 7. The van der Waals surface area contributed by atoms with E-state index in [1.807, 2.05) is 0 Å². The van der Waals surface area contributed by atoms with Crippen LogP contribution in [0.25, 0.3) is 10.8 Å². The Bertz CT molecular complexity index is 1330. The molecule has 0 radical (unpaired) electrons. The van der Waals surface area contributed by atoms with Gasteiger partial charge in [-0.1, -0.05) is 12.1 Å². The normalized spacial score (nSPS) is 12.7. The average molecular weight is 421 g/mol. The Hall–Kier alpha value is -2.86. The van der Waals surface area contributed by atoms with Gasteiger partial charge in [0.2, 0.25) is 0 Å². The third kappa shape index (κ3) is 3.87. The van der Waals surface area contributed by atoms with Crippen LogP contribution in [-0.4, -0.2) is 25.9 Å². The Morgan fingerprint density at radius 3 is 2.04 bits per heavy atom. The van der Waals surface area contributed by atoms with Gasteiger partial charge in [0.05, 0.1) is 11.4 Å². The highest BCUT2D eigenvalue weighted by atomic mass is 32.2. The number of nitrogens with zero attached hydrogens (tertiary/aromatic N) is 2. The zero-order chi connectivity index (χ0) is 20.7. The van der Waals surface area contributed by atoms with Crippen molar-refractivity contribution in [1.82, 2.24) is 0 Å². The van der Waals surface area contributed by atoms with E-state index in [-0.39, 0.29) is 16.5 Å². The van der Waals surface area contributed by atoms with Crippen molar-refractivity contribution >= 4 is 48.1 Å². The highest BCUT2D eigenvalue weighted by molar-refractivity contribution is 7.86. The smallest absolute Gasteiger partial charge is 0.295 e. The second kappa shape index (κ2) is 6.95. The number of azo groups is 1. The first-order valence-electron chi connectivity index (χ1n) is 7.77. The lowest BCUT2D eigenvalue weighted by Gasteiger charge is -2.10. The maximum Gasteiger partial charge on any atom is 0.295 e. The van der Waals surface area contributed by atoms with Crippen LogP contribution in [-0.2, 0) is 20.2 Å². The molecule has 0 heterocycles. The molecule has 0 atom stereocenters. The topological polar surface area (TPSA) is 159 Å². The highest BCUT2D eigenvalue weighted by Gasteiger charge is 2.22. The van der Waals surface area contributed by atoms with Gasteiger partial charge in [0.25, 0.3) is 20.2 Å². The second-order valence-electron chi connectivity index (χ2n) is 5.96. The van der Waals surface area contributed by atoms with Crippen molar-refractivity contribution in [3.63, 3.8) is 0 Å². The van der Waals surface area contributed by atoms with Gasteiger partial charge in [-0.3, -0.25) is 9.11 Å². The third-order valence-electron chi connectivity index (χ3n) is 3.98. The number of rotatable bonds is 4. The molecule has 3 aromatic rings. The molecular weight excluding hydrogens is 406 g/mol. The summed E-state index contributed by atoms with van der Waals surface area (Å²) in [5, 5.41) is 7.78. The molecule has 0 bridgehead atoms. The molecule has 0 amide bonds. The SMILES string of the molecule is Cc1cc(N)ccc1N=Nc1ccc(S(=O)(=O)O)c2cccc(S(=O)(=O)O)c12. The Balaban J connectivity index is 2.33. The minimum atomic E-state index is -4.71. The van der Waals surface area contributed by atoms with Gasteiger partial charge >= 0.3 is 0 Å². The molecule has 0 spiro atoms. The summed E-state index contributed by atoms with van der Waals surface area (Å²) in [5.41, 5.74) is 7.40. The monoisotopic (exact) mass is 421 g/mol. The van der Waals surface area contributed by atoms with Crippen LogP contribution < -0.4 is 5.73 Å². The summed E-state index contributed by atoms with van der Waals surface area (Å²) in [5.74, 6) is 0. The maximum absolute atomic E-state index is 11.8. The van der Waals surface area contributed by atoms with Crippen molar-refractivity contribution in [3.05, 3.63) is 54.1 Å². The quantitative estimate of drug-likeness (QED) is 0.329. The summed E-state index contributed by atoms with van der Waals surface area (Å²) in [6.07, 6.45) is 0. The third-order valence-corrected chi connectivity index (χ3v) is 5.79. The van der Waals surface area contributed by atoms with Gasteiger partial charge in [-0.2, -0.15) is 21.9 Å². The van der Waals surface area contributed by atoms with E-state index < -0.39 is 30.0 Å². The van der Waals surface area contributed by atoms with Crippen LogP contribution >= 0.6 is 0 Å². The van der Waals surface area contributed by atoms with Crippen LogP contribution in [0.15, 0.2) is 68.6 Å². The molecule has 0 aliphatic carbocycles. The molecule has 3 aromatic carbocycles. The van der Waals surface area contributed by atoms with Crippen LogP contribution in [0.1, 0.15) is 5.56 Å². The lowest BCUT2D eigenvalue weighted by atomic mass is 10.1. The van der Waals surface area contributed by atoms with Crippen LogP contribution in [0, 0.1) is 6.92 Å². The number of aryl methyl sites for hydroxylation is 1. The standard InChI is InChI=1S/C17H15N3O6S2/c1-10-9-11(18)5-6-13(10)19-20-14-7-8-15(27(21,22)23)12-3-2-4-16(17(12)14)28(24,25)26/h2-9H,18H2,1H3,(H,21,22,23)(H,24,25,26). The van der Waals surface area contributed by atoms with Crippen LogP contribution in [0.3, 0.4) is 0 Å². The predicted octanol–water partition coefficient (Wildman–Crippen LogP) is 3.64. The van der Waals surface area contributed by atoms with Gasteiger partial charge in [0.15, 0.2) is 0 Å². The molecule has 0 aromatic heterocycles. The molecule has 28 heavy (non-hydrogen) atoms. The molecule has 0 saturated carbocycles. The average Bonchev–Trinajstić information content (AvgIpc) is 2.58. The number of hydrogen-bond donors (Lipinski definition) is 3. The fourth-order valence-electron chi connectivity index (χ4n) is 2.75. The summed E-state index contributed by atoms with van der Waals surface area (Å²) in [6.45, 7) is 1.76. The van der Waals surface area contributed by atoms with Crippen LogP contribution in [0.4, 0.5) is 17.1 Å². The molecule has 0 fully saturated rings. The molecule has 0 aliphatic rings. The number of nitrogen functional groups attached to an aromatic ring is 1. The van der Waals surface area contributed by atoms with E-state index in [2.05, 4.69) is 10.2 Å². The van der Waals surface area contributed by atoms with Crippen molar-refractivity contribution in [2.24, 2.45) is 10.2 Å². The molecule has 11 heteroatoms. The van der Waals surface area contributed by atoms with Gasteiger partial charge in [0, 0.05) is 16.5 Å². The highest BCUT2D eigenvalue weighted by Crippen LogP contribution is 2.37. The summed E-state index contributed by atoms with van der Waals surface area (Å²) in [6, 6.07) is 10.8. The Kier molecular flexibility index (Phi) is 4.93. The van der Waals surface area contributed by atoms with E-state index in [0.29, 0.717) is 11.4 Å². The fraction of sp³-hybridized carbons (Fsp3) is 0.0588. The Morgan fingerprint density at radius 1 is 0.821 bits per heavy atom. The van der Waals surface area contributed by atoms with Crippen LogP contribution in [0.2, 0.25) is 0 Å².